The molecule has 9 heteroatoms. The lowest BCUT2D eigenvalue weighted by Crippen LogP contribution is -2.52. The van der Waals surface area contributed by atoms with Crippen molar-refractivity contribution < 1.29 is 33.3 Å². The number of urea groups is 1. The first-order valence-corrected chi connectivity index (χ1v) is 7.39. The zero-order valence-electron chi connectivity index (χ0n) is 12.7. The quantitative estimate of drug-likeness (QED) is 0.647. The van der Waals surface area contributed by atoms with E-state index in [0.717, 1.165) is 18.2 Å². The molecule has 0 unspecified atom stereocenters. The number of carboxylic acid groups (broad SMARTS) is 1. The van der Waals surface area contributed by atoms with Gasteiger partial charge in [0.05, 0.1) is 30.9 Å². The second-order valence-electron chi connectivity index (χ2n) is 5.48. The second kappa shape index (κ2) is 8.02. The van der Waals surface area contributed by atoms with Gasteiger partial charge in [0.25, 0.3) is 0 Å². The number of anilines is 1. The molecule has 1 heterocycles. The number of aliphatic hydroxyl groups excluding tert-OH is 1. The van der Waals surface area contributed by atoms with Crippen LogP contribution in [0.3, 0.4) is 0 Å². The zero-order valence-corrected chi connectivity index (χ0v) is 12.7. The van der Waals surface area contributed by atoms with E-state index in [4.69, 9.17) is 9.84 Å². The number of carboxylic acids is 1. The molecule has 2 rings (SSSR count). The number of carbonyl (C=O) groups is 2. The van der Waals surface area contributed by atoms with Gasteiger partial charge in [-0.1, -0.05) is 0 Å². The first-order chi connectivity index (χ1) is 11.4. The highest BCUT2D eigenvalue weighted by Crippen LogP contribution is 2.22. The highest BCUT2D eigenvalue weighted by Gasteiger charge is 2.32. The summed E-state index contributed by atoms with van der Waals surface area (Å²) in [5.74, 6) is -2.49. The normalized spacial score (nSPS) is 23.5. The number of aliphatic carboxylic acids is 1. The number of halogens is 2. The molecule has 0 bridgehead atoms. The number of amides is 2. The number of ether oxygens (including phenoxy) is 1. The van der Waals surface area contributed by atoms with E-state index in [9.17, 15) is 23.5 Å². The van der Waals surface area contributed by atoms with Crippen LogP contribution in [0.1, 0.15) is 19.3 Å². The monoisotopic (exact) mass is 344 g/mol. The number of aliphatic hydroxyl groups is 1. The summed E-state index contributed by atoms with van der Waals surface area (Å²) >= 11 is 0. The van der Waals surface area contributed by atoms with Gasteiger partial charge in [-0.2, -0.15) is 0 Å². The van der Waals surface area contributed by atoms with Crippen molar-refractivity contribution in [3.63, 3.8) is 0 Å². The highest BCUT2D eigenvalue weighted by molar-refractivity contribution is 5.89. The van der Waals surface area contributed by atoms with Crippen LogP contribution in [-0.4, -0.2) is 47.1 Å². The molecule has 4 N–H and O–H groups in total. The number of hydrogen-bond acceptors (Lipinski definition) is 4. The molecule has 0 saturated carbocycles. The number of nitrogens with one attached hydrogen (secondary N) is 2. The summed E-state index contributed by atoms with van der Waals surface area (Å²) < 4.78 is 32.0. The van der Waals surface area contributed by atoms with E-state index < -0.39 is 48.5 Å². The van der Waals surface area contributed by atoms with E-state index in [1.54, 1.807) is 0 Å². The van der Waals surface area contributed by atoms with Gasteiger partial charge in [-0.25, -0.2) is 13.6 Å². The van der Waals surface area contributed by atoms with Crippen LogP contribution in [0.5, 0.6) is 0 Å². The molecule has 0 aliphatic carbocycles. The van der Waals surface area contributed by atoms with Gasteiger partial charge >= 0.3 is 12.0 Å². The Kier molecular flexibility index (Phi) is 6.04. The summed E-state index contributed by atoms with van der Waals surface area (Å²) in [5.41, 5.74) is -0.312. The first kappa shape index (κ1) is 18.1. The number of benzene rings is 1. The molecule has 1 fully saturated rings. The van der Waals surface area contributed by atoms with Crippen LogP contribution in [0, 0.1) is 11.6 Å². The average molecular weight is 344 g/mol. The summed E-state index contributed by atoms with van der Waals surface area (Å²) in [6.45, 7) is -0.407. The van der Waals surface area contributed by atoms with Crippen molar-refractivity contribution in [2.24, 2.45) is 0 Å². The molecular weight excluding hydrogens is 326 g/mol. The predicted octanol–water partition coefficient (Wildman–Crippen LogP) is 1.47. The molecule has 24 heavy (non-hydrogen) atoms. The van der Waals surface area contributed by atoms with Gasteiger partial charge in [-0.05, 0) is 25.0 Å². The van der Waals surface area contributed by atoms with Crippen molar-refractivity contribution in [1.29, 1.82) is 0 Å². The summed E-state index contributed by atoms with van der Waals surface area (Å²) in [7, 11) is 0. The smallest absolute Gasteiger partial charge is 0.319 e. The second-order valence-corrected chi connectivity index (χ2v) is 5.48. The third-order valence-corrected chi connectivity index (χ3v) is 3.69. The Balaban J connectivity index is 1.93. The Morgan fingerprint density at radius 2 is 2.04 bits per heavy atom. The summed E-state index contributed by atoms with van der Waals surface area (Å²) in [4.78, 5) is 22.6. The first-order valence-electron chi connectivity index (χ1n) is 7.39. The van der Waals surface area contributed by atoms with Gasteiger partial charge in [0.2, 0.25) is 0 Å². The minimum Gasteiger partial charge on any atom is -0.481 e. The van der Waals surface area contributed by atoms with E-state index in [1.165, 1.54) is 0 Å². The lowest BCUT2D eigenvalue weighted by molar-refractivity contribution is -0.145. The third kappa shape index (κ3) is 4.87. The molecular formula is C15H18F2N2O5. The van der Waals surface area contributed by atoms with Crippen LogP contribution >= 0.6 is 0 Å². The third-order valence-electron chi connectivity index (χ3n) is 3.69. The zero-order chi connectivity index (χ0) is 17.7. The van der Waals surface area contributed by atoms with Crippen molar-refractivity contribution in [2.45, 2.75) is 37.5 Å². The highest BCUT2D eigenvalue weighted by atomic mass is 19.1. The fourth-order valence-corrected chi connectivity index (χ4v) is 2.56. The molecule has 0 spiro atoms. The topological polar surface area (TPSA) is 108 Å². The van der Waals surface area contributed by atoms with E-state index in [1.807, 2.05) is 0 Å². The van der Waals surface area contributed by atoms with E-state index in [0.29, 0.717) is 12.8 Å². The largest absolute Gasteiger partial charge is 0.481 e. The Bertz CT molecular complexity index is 614. The van der Waals surface area contributed by atoms with Crippen LogP contribution in [0.4, 0.5) is 19.3 Å². The van der Waals surface area contributed by atoms with Crippen LogP contribution in [0.2, 0.25) is 0 Å². The van der Waals surface area contributed by atoms with Crippen LogP contribution in [0.25, 0.3) is 0 Å². The van der Waals surface area contributed by atoms with Crippen molar-refractivity contribution in [1.82, 2.24) is 5.32 Å². The molecule has 1 saturated heterocycles. The standard InChI is InChI=1S/C15H18F2N2O5/c16-8-1-3-10(17)12(5-8)19-15(23)18-11-4-2-9(6-14(21)22)24-13(11)7-20/h1,3,5,9,11,13,20H,2,4,6-7H2,(H,21,22)(H2,18,19,23)/t9-,11-,13+/m0/s1. The lowest BCUT2D eigenvalue weighted by Gasteiger charge is -2.35. The minimum atomic E-state index is -1.01. The summed E-state index contributed by atoms with van der Waals surface area (Å²) in [6.07, 6.45) is -0.721. The molecule has 1 aromatic carbocycles. The van der Waals surface area contributed by atoms with Crippen molar-refractivity contribution in [2.75, 3.05) is 11.9 Å². The van der Waals surface area contributed by atoms with Crippen molar-refractivity contribution in [3.8, 4) is 0 Å². The minimum absolute atomic E-state index is 0.191. The number of hydrogen-bond donors (Lipinski definition) is 4. The molecule has 0 aromatic heterocycles. The maximum atomic E-state index is 13.5. The molecule has 132 valence electrons. The molecule has 3 atom stereocenters. The van der Waals surface area contributed by atoms with Crippen molar-refractivity contribution >= 4 is 17.7 Å². The summed E-state index contributed by atoms with van der Waals surface area (Å²) in [6, 6.07) is 1.32. The van der Waals surface area contributed by atoms with E-state index in [-0.39, 0.29) is 12.1 Å². The SMILES string of the molecule is O=C(O)C[C@@H]1CC[C@H](NC(=O)Nc2cc(F)ccc2F)[C@@H](CO)O1. The van der Waals surface area contributed by atoms with Gasteiger partial charge in [0.15, 0.2) is 0 Å². The Labute approximate surface area is 136 Å². The van der Waals surface area contributed by atoms with Gasteiger partial charge in [-0.3, -0.25) is 4.79 Å². The Morgan fingerprint density at radius 3 is 2.71 bits per heavy atom. The van der Waals surface area contributed by atoms with Gasteiger partial charge in [0.1, 0.15) is 17.7 Å². The fourth-order valence-electron chi connectivity index (χ4n) is 2.56. The molecule has 1 aliphatic rings. The Hall–Kier alpha value is -2.26. The van der Waals surface area contributed by atoms with Crippen LogP contribution in [0.15, 0.2) is 18.2 Å². The summed E-state index contributed by atoms with van der Waals surface area (Å²) in [5, 5.41) is 22.8. The number of rotatable bonds is 5. The van der Waals surface area contributed by atoms with Crippen molar-refractivity contribution in [3.05, 3.63) is 29.8 Å². The maximum absolute atomic E-state index is 13.5. The van der Waals surface area contributed by atoms with Crippen LogP contribution in [-0.2, 0) is 9.53 Å². The van der Waals surface area contributed by atoms with Crippen LogP contribution < -0.4 is 10.6 Å². The molecule has 7 nitrogen and oxygen atoms in total. The average Bonchev–Trinajstić information content (AvgIpc) is 2.51. The maximum Gasteiger partial charge on any atom is 0.319 e. The molecule has 1 aromatic rings. The van der Waals surface area contributed by atoms with Gasteiger partial charge < -0.3 is 25.6 Å². The predicted molar refractivity (Wildman–Crippen MR) is 79.5 cm³/mol. The van der Waals surface area contributed by atoms with E-state index in [2.05, 4.69) is 10.6 Å². The van der Waals surface area contributed by atoms with E-state index >= 15 is 0 Å². The van der Waals surface area contributed by atoms with Gasteiger partial charge in [0, 0.05) is 6.07 Å². The molecule has 2 amide bonds. The fraction of sp³-hybridized carbons (Fsp3) is 0.467. The molecule has 0 radical (unpaired) electrons. The van der Waals surface area contributed by atoms with Gasteiger partial charge in [-0.15, -0.1) is 0 Å². The number of carbonyl (C=O) groups excluding carboxylic acids is 1. The lowest BCUT2D eigenvalue weighted by atomic mass is 9.97. The Morgan fingerprint density at radius 1 is 1.29 bits per heavy atom. The molecule has 1 aliphatic heterocycles.